The summed E-state index contributed by atoms with van der Waals surface area (Å²) in [7, 11) is 0.190. The van der Waals surface area contributed by atoms with Gasteiger partial charge in [0.1, 0.15) is 0 Å². The van der Waals surface area contributed by atoms with E-state index in [9.17, 15) is 0 Å². The van der Waals surface area contributed by atoms with Crippen LogP contribution in [0.2, 0.25) is 0 Å². The molecule has 0 radical (unpaired) electrons. The molecule has 3 aromatic carbocycles. The maximum atomic E-state index is 4.50. The van der Waals surface area contributed by atoms with Gasteiger partial charge in [-0.15, -0.1) is 0 Å². The van der Waals surface area contributed by atoms with Gasteiger partial charge >= 0.3 is 0 Å². The molecular weight excluding hydrogens is 248 g/mol. The molecule has 88 valence electrons. The first-order valence-electron chi connectivity index (χ1n) is 6.43. The summed E-state index contributed by atoms with van der Waals surface area (Å²) >= 11 is 0. The van der Waals surface area contributed by atoms with E-state index in [4.69, 9.17) is 0 Å². The molecule has 1 N–H and O–H groups in total. The third-order valence-electron chi connectivity index (χ3n) is 4.05. The number of nitrogens with one attached hydrogen (secondary N) is 1. The molecule has 2 nitrogen and oxygen atoms in total. The number of aromatic nitrogens is 2. The molecule has 5 rings (SSSR count). The molecule has 0 atom stereocenters. The average molecular weight is 258 g/mol. The quantitative estimate of drug-likeness (QED) is 0.257. The van der Waals surface area contributed by atoms with Crippen LogP contribution in [-0.2, 0) is 0 Å². The van der Waals surface area contributed by atoms with Crippen molar-refractivity contribution >= 4 is 52.1 Å². The van der Waals surface area contributed by atoms with Gasteiger partial charge in [-0.1, -0.05) is 48.1 Å². The molecule has 0 fully saturated rings. The normalized spacial score (nSPS) is 12.2. The van der Waals surface area contributed by atoms with E-state index in [0.717, 1.165) is 5.52 Å². The van der Waals surface area contributed by atoms with E-state index in [1.807, 2.05) is 0 Å². The summed E-state index contributed by atoms with van der Waals surface area (Å²) in [5.41, 5.74) is 4.62. The Kier molecular flexibility index (Phi) is 1.62. The van der Waals surface area contributed by atoms with E-state index in [1.54, 1.807) is 0 Å². The Labute approximate surface area is 111 Å². The van der Waals surface area contributed by atoms with Crippen LogP contribution in [0.25, 0.3) is 43.0 Å². The number of benzene rings is 3. The monoisotopic (exact) mass is 258 g/mol. The zero-order valence-corrected chi connectivity index (χ0v) is 11.3. The van der Waals surface area contributed by atoms with Crippen molar-refractivity contribution in [1.29, 1.82) is 0 Å². The number of nitrogens with zero attached hydrogens (tertiary/aromatic N) is 1. The first-order valence-corrected chi connectivity index (χ1v) is 7.67. The molecule has 19 heavy (non-hydrogen) atoms. The van der Waals surface area contributed by atoms with Gasteiger partial charge in [0.15, 0.2) is 0 Å². The summed E-state index contributed by atoms with van der Waals surface area (Å²) in [4.78, 5) is 1.49. The van der Waals surface area contributed by atoms with Gasteiger partial charge in [0, 0.05) is 19.9 Å². The average Bonchev–Trinajstić information content (AvgIpc) is 2.91. The number of H-pyrrole nitrogens is 1. The second-order valence-corrected chi connectivity index (χ2v) is 6.30. The zero-order chi connectivity index (χ0) is 12.4. The van der Waals surface area contributed by atoms with Crippen molar-refractivity contribution in [2.24, 2.45) is 0 Å². The molecule has 0 amide bonds. The maximum absolute atomic E-state index is 4.50. The van der Waals surface area contributed by atoms with Gasteiger partial charge in [0.05, 0.1) is 11.0 Å². The highest BCUT2D eigenvalue weighted by molar-refractivity contribution is 6.53. The second kappa shape index (κ2) is 3.19. The lowest BCUT2D eigenvalue weighted by Gasteiger charge is -2.09. The van der Waals surface area contributed by atoms with Crippen molar-refractivity contribution in [3.05, 3.63) is 48.1 Å². The Morgan fingerprint density at radius 2 is 1.68 bits per heavy atom. The third-order valence-corrected chi connectivity index (χ3v) is 5.37. The van der Waals surface area contributed by atoms with Gasteiger partial charge in [-0.25, -0.2) is 0 Å². The van der Waals surface area contributed by atoms with Crippen LogP contribution in [0.5, 0.6) is 0 Å². The highest BCUT2D eigenvalue weighted by Crippen LogP contribution is 2.38. The van der Waals surface area contributed by atoms with Crippen molar-refractivity contribution in [2.75, 3.05) is 0 Å². The van der Waals surface area contributed by atoms with Gasteiger partial charge in [-0.2, -0.15) is 5.10 Å². The van der Waals surface area contributed by atoms with Crippen molar-refractivity contribution < 1.29 is 0 Å². The van der Waals surface area contributed by atoms with Gasteiger partial charge in [0.25, 0.3) is 0 Å². The van der Waals surface area contributed by atoms with Crippen LogP contribution < -0.4 is 0 Å². The van der Waals surface area contributed by atoms with Gasteiger partial charge in [-0.3, -0.25) is 5.10 Å². The van der Waals surface area contributed by atoms with E-state index < -0.39 is 0 Å². The third kappa shape index (κ3) is 1.07. The van der Waals surface area contributed by atoms with Crippen LogP contribution in [0.4, 0.5) is 0 Å². The number of hydrogen-bond acceptors (Lipinski definition) is 1. The predicted molar refractivity (Wildman–Crippen MR) is 82.5 cm³/mol. The molecular formula is C16H10N2Si. The summed E-state index contributed by atoms with van der Waals surface area (Å²) in [5.74, 6) is 0. The lowest BCUT2D eigenvalue weighted by Crippen LogP contribution is -1.86. The summed E-state index contributed by atoms with van der Waals surface area (Å²) in [6.07, 6.45) is 0. The summed E-state index contributed by atoms with van der Waals surface area (Å²) in [6.45, 7) is 0. The van der Waals surface area contributed by atoms with Crippen LogP contribution in [0.1, 0.15) is 0 Å². The largest absolute Gasteiger partial charge is 0.277 e. The minimum Gasteiger partial charge on any atom is -0.277 e. The number of fused-ring (bicyclic) bond motifs is 3. The van der Waals surface area contributed by atoms with Crippen LogP contribution in [0.3, 0.4) is 0 Å². The summed E-state index contributed by atoms with van der Waals surface area (Å²) in [5, 5.41) is 14.4. The minimum absolute atomic E-state index is 0.190. The molecule has 0 aliphatic rings. The number of hydrogen-bond donors (Lipinski definition) is 1. The topological polar surface area (TPSA) is 28.7 Å². The second-order valence-electron chi connectivity index (χ2n) is 5.01. The summed E-state index contributed by atoms with van der Waals surface area (Å²) < 4.78 is 0. The molecule has 3 heteroatoms. The van der Waals surface area contributed by atoms with E-state index in [-0.39, 0.29) is 9.12 Å². The number of rotatable bonds is 0. The van der Waals surface area contributed by atoms with Gasteiger partial charge in [-0.05, 0) is 21.2 Å². The van der Waals surface area contributed by atoms with E-state index in [2.05, 4.69) is 58.3 Å². The molecule has 0 aliphatic carbocycles. The number of aromatic amines is 1. The minimum atomic E-state index is 0.190. The van der Waals surface area contributed by atoms with Crippen molar-refractivity contribution in [3.8, 4) is 0 Å². The molecule has 0 bridgehead atoms. The SMILES string of the molecule is c1ccc2c(c1)c1cccc3[siH]cc4n[nH]c2c4c31. The van der Waals surface area contributed by atoms with Crippen LogP contribution in [0.15, 0.2) is 48.1 Å². The summed E-state index contributed by atoms with van der Waals surface area (Å²) in [6, 6.07) is 15.3. The fourth-order valence-corrected chi connectivity index (χ4v) is 4.51. The highest BCUT2D eigenvalue weighted by Gasteiger charge is 2.14. The van der Waals surface area contributed by atoms with E-state index in [0.29, 0.717) is 0 Å². The van der Waals surface area contributed by atoms with E-state index in [1.165, 1.54) is 37.4 Å². The van der Waals surface area contributed by atoms with Gasteiger partial charge in [0.2, 0.25) is 0 Å². The Bertz CT molecular complexity index is 1060. The fourth-order valence-electron chi connectivity index (χ4n) is 3.24. The standard InChI is InChI=1S/C16H10N2Si/c1-2-5-11-9(4-1)10-6-3-7-13-14(10)15-12(8-19-13)17-18-16(11)15/h1-8,19H,(H,17,18). The molecule has 0 spiro atoms. The molecule has 0 saturated carbocycles. The van der Waals surface area contributed by atoms with Crippen LogP contribution >= 0.6 is 0 Å². The molecule has 0 saturated heterocycles. The first kappa shape index (κ1) is 9.64. The van der Waals surface area contributed by atoms with E-state index >= 15 is 0 Å². The van der Waals surface area contributed by atoms with Crippen LogP contribution in [0, 0.1) is 0 Å². The Morgan fingerprint density at radius 1 is 0.842 bits per heavy atom. The fraction of sp³-hybridized carbons (Fsp3) is 0. The Morgan fingerprint density at radius 3 is 2.63 bits per heavy atom. The first-order chi connectivity index (χ1) is 9.43. The van der Waals surface area contributed by atoms with Crippen molar-refractivity contribution in [3.63, 3.8) is 0 Å². The molecule has 2 aromatic heterocycles. The molecule has 5 aromatic rings. The molecule has 0 unspecified atom stereocenters. The zero-order valence-electron chi connectivity index (χ0n) is 10.1. The maximum Gasteiger partial charge on any atom is 0.0889 e. The van der Waals surface area contributed by atoms with Crippen molar-refractivity contribution in [2.45, 2.75) is 0 Å². The lowest BCUT2D eigenvalue weighted by atomic mass is 9.97. The lowest BCUT2D eigenvalue weighted by molar-refractivity contribution is 1.16. The molecule has 2 heterocycles. The highest BCUT2D eigenvalue weighted by atomic mass is 28.2. The van der Waals surface area contributed by atoms with Gasteiger partial charge < -0.3 is 0 Å². The Balaban J connectivity index is 2.34. The van der Waals surface area contributed by atoms with Crippen molar-refractivity contribution in [1.82, 2.24) is 10.2 Å². The van der Waals surface area contributed by atoms with Crippen LogP contribution in [-0.4, -0.2) is 19.3 Å². The molecule has 0 aliphatic heterocycles. The Hall–Kier alpha value is -2.26. The smallest absolute Gasteiger partial charge is 0.0889 e. The predicted octanol–water partition coefficient (Wildman–Crippen LogP) is 3.53.